The molecule has 94 valence electrons. The van der Waals surface area contributed by atoms with Gasteiger partial charge in [0.15, 0.2) is 0 Å². The molecule has 3 heteroatoms. The molecule has 1 aromatic rings. The number of hydrogen-bond acceptors (Lipinski definition) is 2. The summed E-state index contributed by atoms with van der Waals surface area (Å²) < 4.78 is 1.12. The summed E-state index contributed by atoms with van der Waals surface area (Å²) in [7, 11) is 2.17. The molecule has 1 aromatic carbocycles. The molecule has 2 N–H and O–H groups in total. The normalized spacial score (nSPS) is 17.6. The van der Waals surface area contributed by atoms with Gasteiger partial charge >= 0.3 is 0 Å². The van der Waals surface area contributed by atoms with Gasteiger partial charge in [-0.25, -0.2) is 0 Å². The summed E-state index contributed by atoms with van der Waals surface area (Å²) in [6, 6.07) is 6.55. The van der Waals surface area contributed by atoms with Gasteiger partial charge in [0.25, 0.3) is 0 Å². The third-order valence-electron chi connectivity index (χ3n) is 3.67. The van der Waals surface area contributed by atoms with E-state index in [1.165, 1.54) is 37.1 Å². The van der Waals surface area contributed by atoms with Gasteiger partial charge in [0.2, 0.25) is 0 Å². The average molecular weight is 297 g/mol. The van der Waals surface area contributed by atoms with E-state index in [9.17, 15) is 0 Å². The molecular weight excluding hydrogens is 276 g/mol. The molecule has 0 bridgehead atoms. The predicted octanol–water partition coefficient (Wildman–Crippen LogP) is 3.71. The van der Waals surface area contributed by atoms with Crippen molar-refractivity contribution in [3.8, 4) is 0 Å². The van der Waals surface area contributed by atoms with Crippen LogP contribution in [0.5, 0.6) is 0 Å². The molecule has 17 heavy (non-hydrogen) atoms. The second-order valence-corrected chi connectivity index (χ2v) is 6.03. The lowest BCUT2D eigenvalue weighted by Crippen LogP contribution is -2.29. The van der Waals surface area contributed by atoms with Crippen LogP contribution in [0.15, 0.2) is 22.7 Å². The first kappa shape index (κ1) is 12.9. The van der Waals surface area contributed by atoms with Gasteiger partial charge in [-0.3, -0.25) is 0 Å². The minimum Gasteiger partial charge on any atom is -0.374 e. The van der Waals surface area contributed by atoms with Gasteiger partial charge in [-0.1, -0.05) is 28.4 Å². The zero-order valence-corrected chi connectivity index (χ0v) is 12.2. The van der Waals surface area contributed by atoms with Gasteiger partial charge in [0.05, 0.1) is 0 Å². The zero-order chi connectivity index (χ0) is 12.4. The molecule has 1 saturated carbocycles. The Labute approximate surface area is 112 Å². The Morgan fingerprint density at radius 2 is 2.18 bits per heavy atom. The molecule has 1 aliphatic rings. The van der Waals surface area contributed by atoms with Gasteiger partial charge in [0, 0.05) is 29.8 Å². The fourth-order valence-corrected chi connectivity index (χ4v) is 3.02. The Hall–Kier alpha value is -0.540. The van der Waals surface area contributed by atoms with Crippen LogP contribution in [-0.4, -0.2) is 13.6 Å². The van der Waals surface area contributed by atoms with Crippen molar-refractivity contribution in [2.75, 3.05) is 18.5 Å². The minimum atomic E-state index is 0.0790. The Kier molecular flexibility index (Phi) is 4.10. The molecule has 2 rings (SSSR count). The summed E-state index contributed by atoms with van der Waals surface area (Å²) in [5, 5.41) is 0. The van der Waals surface area contributed by atoms with Crippen LogP contribution in [0.3, 0.4) is 0 Å². The van der Waals surface area contributed by atoms with Crippen molar-refractivity contribution >= 4 is 21.6 Å². The van der Waals surface area contributed by atoms with Gasteiger partial charge in [0.1, 0.15) is 0 Å². The van der Waals surface area contributed by atoms with Gasteiger partial charge in [-0.15, -0.1) is 0 Å². The summed E-state index contributed by atoms with van der Waals surface area (Å²) in [6.07, 6.45) is 4.19. The Morgan fingerprint density at radius 3 is 2.65 bits per heavy atom. The molecule has 1 atom stereocenters. The molecule has 0 spiro atoms. The minimum absolute atomic E-state index is 0.0790. The molecule has 0 amide bonds. The lowest BCUT2D eigenvalue weighted by atomic mass is 9.85. The van der Waals surface area contributed by atoms with Crippen LogP contribution in [0, 0.1) is 5.92 Å². The Balaban J connectivity index is 2.07. The van der Waals surface area contributed by atoms with Crippen molar-refractivity contribution in [3.63, 3.8) is 0 Å². The Bertz CT molecular complexity index is 386. The van der Waals surface area contributed by atoms with Crippen molar-refractivity contribution in [1.82, 2.24) is 0 Å². The molecule has 1 fully saturated rings. The molecule has 2 nitrogen and oxygen atoms in total. The van der Waals surface area contributed by atoms with Crippen LogP contribution < -0.4 is 10.6 Å². The van der Waals surface area contributed by atoms with Crippen molar-refractivity contribution in [2.45, 2.75) is 32.2 Å². The summed E-state index contributed by atoms with van der Waals surface area (Å²) in [5.41, 5.74) is 8.35. The summed E-state index contributed by atoms with van der Waals surface area (Å²) in [4.78, 5) is 2.35. The quantitative estimate of drug-likeness (QED) is 0.918. The molecule has 1 aliphatic carbocycles. The molecular formula is C14H21BrN2. The second-order valence-electron chi connectivity index (χ2n) is 5.17. The average Bonchev–Trinajstić information content (AvgIpc) is 2.22. The lowest BCUT2D eigenvalue weighted by Gasteiger charge is -2.31. The fourth-order valence-electron chi connectivity index (χ4n) is 2.29. The number of anilines is 1. The van der Waals surface area contributed by atoms with Crippen molar-refractivity contribution in [3.05, 3.63) is 28.2 Å². The maximum atomic E-state index is 5.91. The molecule has 0 unspecified atom stereocenters. The first-order valence-electron chi connectivity index (χ1n) is 6.34. The van der Waals surface area contributed by atoms with E-state index in [0.29, 0.717) is 0 Å². The SMILES string of the molecule is C[C@H](N)c1ccc(N(C)CC2CCC2)cc1Br. The monoisotopic (exact) mass is 296 g/mol. The fraction of sp³-hybridized carbons (Fsp3) is 0.571. The third-order valence-corrected chi connectivity index (χ3v) is 4.36. The lowest BCUT2D eigenvalue weighted by molar-refractivity contribution is 0.321. The predicted molar refractivity (Wildman–Crippen MR) is 77.4 cm³/mol. The highest BCUT2D eigenvalue weighted by atomic mass is 79.9. The van der Waals surface area contributed by atoms with E-state index in [2.05, 4.69) is 46.1 Å². The summed E-state index contributed by atoms with van der Waals surface area (Å²) in [6.45, 7) is 3.18. The zero-order valence-electron chi connectivity index (χ0n) is 10.6. The van der Waals surface area contributed by atoms with Crippen LogP contribution in [0.4, 0.5) is 5.69 Å². The van der Waals surface area contributed by atoms with Crippen LogP contribution in [0.1, 0.15) is 37.8 Å². The number of nitrogens with two attached hydrogens (primary N) is 1. The van der Waals surface area contributed by atoms with E-state index in [1.807, 2.05) is 6.92 Å². The van der Waals surface area contributed by atoms with Crippen LogP contribution in [0.2, 0.25) is 0 Å². The number of hydrogen-bond donors (Lipinski definition) is 1. The van der Waals surface area contributed by atoms with E-state index in [4.69, 9.17) is 5.73 Å². The number of halogens is 1. The Morgan fingerprint density at radius 1 is 1.47 bits per heavy atom. The van der Waals surface area contributed by atoms with E-state index < -0.39 is 0 Å². The molecule has 0 heterocycles. The molecule has 0 aromatic heterocycles. The number of rotatable bonds is 4. The smallest absolute Gasteiger partial charge is 0.0375 e. The third kappa shape index (κ3) is 3.02. The second kappa shape index (κ2) is 5.40. The highest BCUT2D eigenvalue weighted by molar-refractivity contribution is 9.10. The van der Waals surface area contributed by atoms with E-state index in [1.54, 1.807) is 0 Å². The molecule has 0 aliphatic heterocycles. The van der Waals surface area contributed by atoms with Crippen LogP contribution >= 0.6 is 15.9 Å². The van der Waals surface area contributed by atoms with Crippen LogP contribution in [0.25, 0.3) is 0 Å². The maximum Gasteiger partial charge on any atom is 0.0375 e. The summed E-state index contributed by atoms with van der Waals surface area (Å²) in [5.74, 6) is 0.895. The van der Waals surface area contributed by atoms with E-state index in [0.717, 1.165) is 10.4 Å². The topological polar surface area (TPSA) is 29.3 Å². The first-order chi connectivity index (χ1) is 8.08. The van der Waals surface area contributed by atoms with E-state index in [-0.39, 0.29) is 6.04 Å². The highest BCUT2D eigenvalue weighted by Gasteiger charge is 2.19. The van der Waals surface area contributed by atoms with Gasteiger partial charge in [-0.2, -0.15) is 0 Å². The summed E-state index contributed by atoms with van der Waals surface area (Å²) >= 11 is 3.61. The van der Waals surface area contributed by atoms with Crippen molar-refractivity contribution in [1.29, 1.82) is 0 Å². The largest absolute Gasteiger partial charge is 0.374 e. The number of nitrogens with zero attached hydrogens (tertiary/aromatic N) is 1. The highest BCUT2D eigenvalue weighted by Crippen LogP contribution is 2.30. The van der Waals surface area contributed by atoms with E-state index >= 15 is 0 Å². The number of benzene rings is 1. The standard InChI is InChI=1S/C14H21BrN2/c1-10(16)13-7-6-12(8-14(13)15)17(2)9-11-4-3-5-11/h6-8,10-11H,3-5,9,16H2,1-2H3/t10-/m0/s1. The van der Waals surface area contributed by atoms with Gasteiger partial charge < -0.3 is 10.6 Å². The van der Waals surface area contributed by atoms with Crippen molar-refractivity contribution in [2.24, 2.45) is 11.7 Å². The van der Waals surface area contributed by atoms with Crippen LogP contribution in [-0.2, 0) is 0 Å². The molecule has 0 radical (unpaired) electrons. The first-order valence-corrected chi connectivity index (χ1v) is 7.13. The maximum absolute atomic E-state index is 5.91. The van der Waals surface area contributed by atoms with Gasteiger partial charge in [-0.05, 0) is 43.4 Å². The molecule has 0 saturated heterocycles. The van der Waals surface area contributed by atoms with Crippen molar-refractivity contribution < 1.29 is 0 Å².